The predicted molar refractivity (Wildman–Crippen MR) is 94.2 cm³/mol. The summed E-state index contributed by atoms with van der Waals surface area (Å²) in [4.78, 5) is 4.37. The Bertz CT molecular complexity index is 866. The summed E-state index contributed by atoms with van der Waals surface area (Å²) in [5, 5.41) is 9.57. The Morgan fingerprint density at radius 3 is 2.77 bits per heavy atom. The van der Waals surface area contributed by atoms with Crippen LogP contribution in [0.4, 0.5) is 19.0 Å². The molecular weight excluding hydrogens is 339 g/mol. The smallest absolute Gasteiger partial charge is 0.383 e. The van der Waals surface area contributed by atoms with Gasteiger partial charge in [0.05, 0.1) is 5.56 Å². The Labute approximate surface area is 150 Å². The minimum atomic E-state index is -4.44. The zero-order chi connectivity index (χ0) is 18.9. The lowest BCUT2D eigenvalue weighted by molar-refractivity contribution is -0.137. The van der Waals surface area contributed by atoms with Gasteiger partial charge in [-0.1, -0.05) is 31.9 Å². The monoisotopic (exact) mass is 359 g/mol. The van der Waals surface area contributed by atoms with E-state index >= 15 is 0 Å². The van der Waals surface area contributed by atoms with Crippen LogP contribution >= 0.6 is 0 Å². The van der Waals surface area contributed by atoms with E-state index in [1.807, 2.05) is 6.07 Å². The highest BCUT2D eigenvalue weighted by atomic mass is 19.4. The van der Waals surface area contributed by atoms with Gasteiger partial charge in [0.15, 0.2) is 0 Å². The highest BCUT2D eigenvalue weighted by Crippen LogP contribution is 2.40. The molecule has 0 radical (unpaired) electrons. The summed E-state index contributed by atoms with van der Waals surface area (Å²) in [7, 11) is 0. The Kier molecular flexibility index (Phi) is 4.90. The first-order valence-corrected chi connectivity index (χ1v) is 8.74. The van der Waals surface area contributed by atoms with Crippen LogP contribution in [-0.2, 0) is 19.0 Å². The first kappa shape index (κ1) is 18.2. The number of hydrogen-bond acceptors (Lipinski definition) is 3. The Morgan fingerprint density at radius 1 is 1.35 bits per heavy atom. The topological polar surface area (TPSA) is 62.7 Å². The molecule has 2 N–H and O–H groups in total. The van der Waals surface area contributed by atoms with Crippen molar-refractivity contribution in [2.75, 3.05) is 5.73 Å². The number of aromatic nitrogens is 1. The molecule has 2 aromatic rings. The first-order valence-electron chi connectivity index (χ1n) is 8.74. The van der Waals surface area contributed by atoms with Crippen LogP contribution in [0.15, 0.2) is 24.3 Å². The number of nitriles is 1. The molecule has 0 saturated heterocycles. The third kappa shape index (κ3) is 3.39. The van der Waals surface area contributed by atoms with Crippen molar-refractivity contribution >= 4 is 5.82 Å². The van der Waals surface area contributed by atoms with Crippen LogP contribution in [0.1, 0.15) is 48.6 Å². The minimum absolute atomic E-state index is 0.0904. The second-order valence-electron chi connectivity index (χ2n) is 6.76. The molecule has 0 saturated carbocycles. The van der Waals surface area contributed by atoms with Gasteiger partial charge in [0.2, 0.25) is 0 Å². The second kappa shape index (κ2) is 6.99. The van der Waals surface area contributed by atoms with Crippen LogP contribution in [0.2, 0.25) is 0 Å². The lowest BCUT2D eigenvalue weighted by Crippen LogP contribution is -2.18. The maximum absolute atomic E-state index is 13.1. The number of alkyl halides is 3. The molecule has 1 aliphatic rings. The van der Waals surface area contributed by atoms with Crippen LogP contribution in [0.5, 0.6) is 0 Å². The molecular formula is C20H20F3N3. The van der Waals surface area contributed by atoms with Crippen LogP contribution < -0.4 is 5.73 Å². The largest absolute Gasteiger partial charge is 0.416 e. The van der Waals surface area contributed by atoms with E-state index in [4.69, 9.17) is 5.73 Å². The first-order chi connectivity index (χ1) is 12.3. The quantitative estimate of drug-likeness (QED) is 0.827. The molecule has 0 aliphatic heterocycles. The highest BCUT2D eigenvalue weighted by molar-refractivity contribution is 5.79. The number of pyridine rings is 1. The number of halogens is 3. The fourth-order valence-corrected chi connectivity index (χ4v) is 3.79. The number of hydrogen-bond donors (Lipinski definition) is 1. The number of nitrogens with two attached hydrogens (primary N) is 1. The van der Waals surface area contributed by atoms with Gasteiger partial charge in [-0.15, -0.1) is 0 Å². The molecule has 1 aromatic heterocycles. The van der Waals surface area contributed by atoms with Gasteiger partial charge >= 0.3 is 6.18 Å². The summed E-state index contributed by atoms with van der Waals surface area (Å²) in [5.41, 5.74) is 7.96. The van der Waals surface area contributed by atoms with E-state index in [2.05, 4.69) is 11.9 Å². The summed E-state index contributed by atoms with van der Waals surface area (Å²) in [6, 6.07) is 7.15. The van der Waals surface area contributed by atoms with Gasteiger partial charge in [-0.3, -0.25) is 0 Å². The number of anilines is 1. The molecule has 0 spiro atoms. The molecule has 1 unspecified atom stereocenters. The van der Waals surface area contributed by atoms with Crippen LogP contribution in [-0.4, -0.2) is 4.98 Å². The molecule has 3 rings (SSSR count). The zero-order valence-corrected chi connectivity index (χ0v) is 14.5. The highest BCUT2D eigenvalue weighted by Gasteiger charge is 2.32. The fourth-order valence-electron chi connectivity index (χ4n) is 3.79. The number of aryl methyl sites for hydroxylation is 1. The number of nitrogen functional groups attached to an aromatic ring is 1. The fraction of sp³-hybridized carbons (Fsp3) is 0.400. The van der Waals surface area contributed by atoms with E-state index in [9.17, 15) is 18.4 Å². The van der Waals surface area contributed by atoms with Gasteiger partial charge in [-0.05, 0) is 48.4 Å². The predicted octanol–water partition coefficient (Wildman–Crippen LogP) is 5.13. The SMILES string of the molecule is CCCC1CCc2nc(N)c(C#N)c(-c3cccc(C(F)(F)F)c3)c2C1. The Morgan fingerprint density at radius 2 is 2.12 bits per heavy atom. The van der Waals surface area contributed by atoms with Crippen molar-refractivity contribution in [2.45, 2.75) is 45.2 Å². The average molecular weight is 359 g/mol. The lowest BCUT2D eigenvalue weighted by Gasteiger charge is -2.27. The third-order valence-corrected chi connectivity index (χ3v) is 4.98. The van der Waals surface area contributed by atoms with Crippen LogP contribution in [0.3, 0.4) is 0 Å². The summed E-state index contributed by atoms with van der Waals surface area (Å²) in [6.07, 6.45) is 0.103. The molecule has 3 nitrogen and oxygen atoms in total. The minimum Gasteiger partial charge on any atom is -0.383 e. The third-order valence-electron chi connectivity index (χ3n) is 4.98. The Balaban J connectivity index is 2.21. The van der Waals surface area contributed by atoms with Gasteiger partial charge in [0, 0.05) is 11.3 Å². The number of fused-ring (bicyclic) bond motifs is 1. The van der Waals surface area contributed by atoms with Crippen molar-refractivity contribution in [1.82, 2.24) is 4.98 Å². The van der Waals surface area contributed by atoms with Crippen LogP contribution in [0.25, 0.3) is 11.1 Å². The van der Waals surface area contributed by atoms with Gasteiger partial charge in [0.25, 0.3) is 0 Å². The van der Waals surface area contributed by atoms with E-state index in [0.717, 1.165) is 55.5 Å². The normalized spacial score (nSPS) is 16.8. The number of benzene rings is 1. The summed E-state index contributed by atoms with van der Waals surface area (Å²) in [5.74, 6) is 0.543. The maximum atomic E-state index is 13.1. The van der Waals surface area contributed by atoms with E-state index in [1.165, 1.54) is 6.07 Å². The van der Waals surface area contributed by atoms with E-state index in [-0.39, 0.29) is 11.4 Å². The average Bonchev–Trinajstić information content (AvgIpc) is 2.60. The van der Waals surface area contributed by atoms with Gasteiger partial charge in [-0.25, -0.2) is 4.98 Å². The van der Waals surface area contributed by atoms with Gasteiger partial charge in [0.1, 0.15) is 17.5 Å². The van der Waals surface area contributed by atoms with E-state index in [1.54, 1.807) is 6.07 Å². The molecule has 1 aromatic carbocycles. The second-order valence-corrected chi connectivity index (χ2v) is 6.76. The number of rotatable bonds is 3. The molecule has 6 heteroatoms. The zero-order valence-electron chi connectivity index (χ0n) is 14.5. The summed E-state index contributed by atoms with van der Waals surface area (Å²) >= 11 is 0. The molecule has 0 amide bonds. The maximum Gasteiger partial charge on any atom is 0.416 e. The van der Waals surface area contributed by atoms with Crippen LogP contribution in [0, 0.1) is 17.2 Å². The molecule has 0 bridgehead atoms. The molecule has 0 fully saturated rings. The van der Waals surface area contributed by atoms with Gasteiger partial charge in [-0.2, -0.15) is 18.4 Å². The van der Waals surface area contributed by atoms with Crippen molar-refractivity contribution < 1.29 is 13.2 Å². The molecule has 26 heavy (non-hydrogen) atoms. The number of nitrogens with zero attached hydrogens (tertiary/aromatic N) is 2. The molecule has 1 heterocycles. The summed E-state index contributed by atoms with van der Waals surface area (Å²) < 4.78 is 39.4. The van der Waals surface area contributed by atoms with Crippen molar-refractivity contribution in [3.05, 3.63) is 46.6 Å². The van der Waals surface area contributed by atoms with Crippen molar-refractivity contribution in [3.63, 3.8) is 0 Å². The lowest BCUT2D eigenvalue weighted by atomic mass is 9.79. The molecule has 1 aliphatic carbocycles. The van der Waals surface area contributed by atoms with Crippen molar-refractivity contribution in [1.29, 1.82) is 5.26 Å². The molecule has 1 atom stereocenters. The van der Waals surface area contributed by atoms with Gasteiger partial charge < -0.3 is 5.73 Å². The van der Waals surface area contributed by atoms with Crippen molar-refractivity contribution in [2.24, 2.45) is 5.92 Å². The van der Waals surface area contributed by atoms with E-state index in [0.29, 0.717) is 17.0 Å². The standard InChI is InChI=1S/C20H20F3N3/c1-2-4-12-7-8-17-15(9-12)18(16(11-24)19(25)26-17)13-5-3-6-14(10-13)20(21,22)23/h3,5-6,10,12H,2,4,7-9H2,1H3,(H2,25,26). The molecule has 136 valence electrons. The van der Waals surface area contributed by atoms with Crippen molar-refractivity contribution in [3.8, 4) is 17.2 Å². The Hall–Kier alpha value is -2.55. The summed E-state index contributed by atoms with van der Waals surface area (Å²) in [6.45, 7) is 2.12. The van der Waals surface area contributed by atoms with E-state index < -0.39 is 11.7 Å².